The highest BCUT2D eigenvalue weighted by Crippen LogP contribution is 2.32. The number of hydrogen-bond acceptors (Lipinski definition) is 5. The van der Waals surface area contributed by atoms with Gasteiger partial charge in [0, 0.05) is 19.3 Å². The number of rotatable bonds is 5. The predicted molar refractivity (Wildman–Crippen MR) is 98.6 cm³/mol. The summed E-state index contributed by atoms with van der Waals surface area (Å²) in [5.74, 6) is 2.14. The molecular formula is C19H21N5O3. The predicted octanol–water partition coefficient (Wildman–Crippen LogP) is 2.75. The van der Waals surface area contributed by atoms with Crippen molar-refractivity contribution < 1.29 is 14.3 Å². The Morgan fingerprint density at radius 1 is 1.26 bits per heavy atom. The van der Waals surface area contributed by atoms with E-state index in [9.17, 15) is 4.79 Å². The fraction of sp³-hybridized carbons (Fsp3) is 0.316. The van der Waals surface area contributed by atoms with Gasteiger partial charge in [-0.25, -0.2) is 4.79 Å². The molecule has 0 fully saturated rings. The van der Waals surface area contributed by atoms with Crippen LogP contribution in [-0.4, -0.2) is 38.9 Å². The van der Waals surface area contributed by atoms with Crippen molar-refractivity contribution in [2.24, 2.45) is 0 Å². The highest BCUT2D eigenvalue weighted by molar-refractivity contribution is 5.74. The summed E-state index contributed by atoms with van der Waals surface area (Å²) in [6, 6.07) is 11.0. The molecule has 8 nitrogen and oxygen atoms in total. The van der Waals surface area contributed by atoms with Gasteiger partial charge in [0.05, 0.1) is 6.04 Å². The van der Waals surface area contributed by atoms with Crippen LogP contribution in [0.2, 0.25) is 0 Å². The minimum absolute atomic E-state index is 0.157. The highest BCUT2D eigenvalue weighted by atomic mass is 16.7. The number of pyridine rings is 1. The van der Waals surface area contributed by atoms with Crippen LogP contribution in [0.1, 0.15) is 31.3 Å². The topological polar surface area (TPSA) is 81.0 Å². The second-order valence-corrected chi connectivity index (χ2v) is 6.36. The van der Waals surface area contributed by atoms with Gasteiger partial charge < -0.3 is 19.7 Å². The molecule has 2 amide bonds. The van der Waals surface area contributed by atoms with Crippen LogP contribution in [-0.2, 0) is 6.54 Å². The second kappa shape index (κ2) is 7.14. The summed E-state index contributed by atoms with van der Waals surface area (Å²) in [5.41, 5.74) is 1.73. The summed E-state index contributed by atoms with van der Waals surface area (Å²) in [4.78, 5) is 14.5. The molecule has 1 atom stereocenters. The van der Waals surface area contributed by atoms with Gasteiger partial charge in [0.1, 0.15) is 0 Å². The van der Waals surface area contributed by atoms with E-state index in [1.165, 1.54) is 0 Å². The van der Waals surface area contributed by atoms with Crippen LogP contribution in [0.15, 0.2) is 42.6 Å². The number of aromatic nitrogens is 3. The average molecular weight is 367 g/mol. The van der Waals surface area contributed by atoms with Gasteiger partial charge in [-0.2, -0.15) is 0 Å². The van der Waals surface area contributed by atoms with Gasteiger partial charge >= 0.3 is 6.03 Å². The number of nitrogens with zero attached hydrogens (tertiary/aromatic N) is 4. The lowest BCUT2D eigenvalue weighted by molar-refractivity contribution is 0.173. The Hall–Kier alpha value is -3.29. The van der Waals surface area contributed by atoms with Gasteiger partial charge in [0.15, 0.2) is 23.0 Å². The van der Waals surface area contributed by atoms with Crippen molar-refractivity contribution in [3.63, 3.8) is 0 Å². The molecule has 0 spiro atoms. The smallest absolute Gasteiger partial charge is 0.318 e. The molecular weight excluding hydrogens is 346 g/mol. The molecule has 8 heteroatoms. The van der Waals surface area contributed by atoms with Crippen molar-refractivity contribution in [2.45, 2.75) is 26.4 Å². The van der Waals surface area contributed by atoms with Crippen LogP contribution in [0, 0.1) is 0 Å². The lowest BCUT2D eigenvalue weighted by Crippen LogP contribution is -2.40. The number of hydrogen-bond donors (Lipinski definition) is 1. The Morgan fingerprint density at radius 3 is 2.96 bits per heavy atom. The Morgan fingerprint density at radius 2 is 2.11 bits per heavy atom. The van der Waals surface area contributed by atoms with Crippen LogP contribution in [0.5, 0.6) is 11.5 Å². The molecule has 0 saturated heterocycles. The summed E-state index contributed by atoms with van der Waals surface area (Å²) in [7, 11) is 0. The fourth-order valence-corrected chi connectivity index (χ4v) is 3.08. The number of amides is 2. The number of benzene rings is 1. The third-order valence-electron chi connectivity index (χ3n) is 4.55. The molecule has 1 aromatic carbocycles. The van der Waals surface area contributed by atoms with E-state index in [2.05, 4.69) is 15.5 Å². The van der Waals surface area contributed by atoms with E-state index in [1.807, 2.05) is 60.8 Å². The molecule has 3 heterocycles. The molecule has 1 unspecified atom stereocenters. The third kappa shape index (κ3) is 3.38. The van der Waals surface area contributed by atoms with E-state index in [-0.39, 0.29) is 18.9 Å². The number of carbonyl (C=O) groups is 1. The minimum atomic E-state index is -0.277. The molecule has 140 valence electrons. The highest BCUT2D eigenvalue weighted by Gasteiger charge is 2.20. The zero-order chi connectivity index (χ0) is 18.8. The van der Waals surface area contributed by atoms with E-state index in [0.717, 1.165) is 17.0 Å². The van der Waals surface area contributed by atoms with E-state index in [0.29, 0.717) is 24.7 Å². The van der Waals surface area contributed by atoms with Gasteiger partial charge in [-0.1, -0.05) is 12.1 Å². The molecule has 1 N–H and O–H groups in total. The van der Waals surface area contributed by atoms with Crippen molar-refractivity contribution >= 4 is 11.7 Å². The maximum absolute atomic E-state index is 12.8. The summed E-state index contributed by atoms with van der Waals surface area (Å²) < 4.78 is 12.6. The maximum atomic E-state index is 12.8. The molecule has 1 aliphatic rings. The molecule has 0 saturated carbocycles. The first kappa shape index (κ1) is 17.1. The Bertz CT molecular complexity index is 971. The quantitative estimate of drug-likeness (QED) is 0.750. The van der Waals surface area contributed by atoms with Crippen molar-refractivity contribution in [1.29, 1.82) is 0 Å². The number of nitrogens with one attached hydrogen (secondary N) is 1. The summed E-state index contributed by atoms with van der Waals surface area (Å²) in [5, 5.41) is 11.3. The van der Waals surface area contributed by atoms with E-state index in [4.69, 9.17) is 9.47 Å². The number of carbonyl (C=O) groups excluding carboxylic acids is 1. The van der Waals surface area contributed by atoms with Crippen LogP contribution in [0.3, 0.4) is 0 Å². The normalized spacial score (nSPS) is 13.6. The van der Waals surface area contributed by atoms with Gasteiger partial charge in [-0.05, 0) is 43.7 Å². The minimum Gasteiger partial charge on any atom is -0.454 e. The van der Waals surface area contributed by atoms with Crippen molar-refractivity contribution in [2.75, 3.05) is 13.3 Å². The number of urea groups is 1. The molecule has 1 aliphatic heterocycles. The zero-order valence-electron chi connectivity index (χ0n) is 15.3. The molecule has 3 aromatic rings. The van der Waals surface area contributed by atoms with E-state index in [1.54, 1.807) is 4.90 Å². The monoisotopic (exact) mass is 367 g/mol. The number of fused-ring (bicyclic) bond motifs is 2. The first-order valence-electron chi connectivity index (χ1n) is 8.89. The maximum Gasteiger partial charge on any atom is 0.318 e. The van der Waals surface area contributed by atoms with Gasteiger partial charge in [-0.3, -0.25) is 4.40 Å². The summed E-state index contributed by atoms with van der Waals surface area (Å²) in [6.07, 6.45) is 1.89. The van der Waals surface area contributed by atoms with Crippen molar-refractivity contribution in [1.82, 2.24) is 24.8 Å². The molecule has 0 bridgehead atoms. The molecule has 27 heavy (non-hydrogen) atoms. The third-order valence-corrected chi connectivity index (χ3v) is 4.55. The van der Waals surface area contributed by atoms with Crippen LogP contribution >= 0.6 is 0 Å². The zero-order valence-corrected chi connectivity index (χ0v) is 15.3. The lowest BCUT2D eigenvalue weighted by Gasteiger charge is -2.23. The standard InChI is InChI=1S/C19H21N5O3/c1-3-23(11-14-7-8-15-16(10-14)27-12-26-15)19(25)20-13(2)18-22-21-17-6-4-5-9-24(17)18/h4-10,13H,3,11-12H2,1-2H3,(H,20,25). The Labute approximate surface area is 156 Å². The first-order chi connectivity index (χ1) is 13.2. The number of ether oxygens (including phenoxy) is 2. The van der Waals surface area contributed by atoms with Crippen molar-refractivity contribution in [3.05, 3.63) is 54.0 Å². The molecule has 0 radical (unpaired) electrons. The summed E-state index contributed by atoms with van der Waals surface area (Å²) >= 11 is 0. The van der Waals surface area contributed by atoms with Crippen molar-refractivity contribution in [3.8, 4) is 11.5 Å². The fourth-order valence-electron chi connectivity index (χ4n) is 3.08. The lowest BCUT2D eigenvalue weighted by atomic mass is 10.2. The van der Waals surface area contributed by atoms with Crippen LogP contribution in [0.25, 0.3) is 5.65 Å². The molecule has 4 rings (SSSR count). The van der Waals surface area contributed by atoms with Crippen LogP contribution < -0.4 is 14.8 Å². The van der Waals surface area contributed by atoms with E-state index < -0.39 is 0 Å². The molecule has 2 aromatic heterocycles. The van der Waals surface area contributed by atoms with Gasteiger partial charge in [0.2, 0.25) is 6.79 Å². The largest absolute Gasteiger partial charge is 0.454 e. The average Bonchev–Trinajstić information content (AvgIpc) is 3.32. The van der Waals surface area contributed by atoms with Gasteiger partial charge in [0.25, 0.3) is 0 Å². The SMILES string of the molecule is CCN(Cc1ccc2c(c1)OCO2)C(=O)NC(C)c1nnc2ccccn12. The van der Waals surface area contributed by atoms with Gasteiger partial charge in [-0.15, -0.1) is 10.2 Å². The Kier molecular flexibility index (Phi) is 4.53. The van der Waals surface area contributed by atoms with E-state index >= 15 is 0 Å². The Balaban J connectivity index is 1.45. The second-order valence-electron chi connectivity index (χ2n) is 6.36. The molecule has 0 aliphatic carbocycles. The van der Waals surface area contributed by atoms with Crippen LogP contribution in [0.4, 0.5) is 4.79 Å². The first-order valence-corrected chi connectivity index (χ1v) is 8.89. The summed E-state index contributed by atoms with van der Waals surface area (Å²) in [6.45, 7) is 5.14.